The molecule has 106 valence electrons. The summed E-state index contributed by atoms with van der Waals surface area (Å²) in [5.74, 6) is -0.374. The van der Waals surface area contributed by atoms with Gasteiger partial charge in [-0.25, -0.2) is 0 Å². The predicted molar refractivity (Wildman–Crippen MR) is 68.5 cm³/mol. The van der Waals surface area contributed by atoms with Crippen LogP contribution in [-0.4, -0.2) is 25.2 Å². The van der Waals surface area contributed by atoms with Crippen molar-refractivity contribution >= 4 is 16.7 Å². The summed E-state index contributed by atoms with van der Waals surface area (Å²) in [5.41, 5.74) is 0. The lowest BCUT2D eigenvalue weighted by atomic mass is 10.1. The van der Waals surface area contributed by atoms with Crippen LogP contribution in [0, 0.1) is 0 Å². The molecule has 6 heteroatoms. The number of amides is 1. The molecule has 0 aliphatic heterocycles. The molecule has 2 rings (SSSR count). The number of ether oxygens (including phenoxy) is 1. The SMILES string of the molecule is O=C(COc1ccc2ccccc2c1)NCC(F)(F)F. The monoisotopic (exact) mass is 283 g/mol. The summed E-state index contributed by atoms with van der Waals surface area (Å²) in [5, 5.41) is 3.69. The molecular weight excluding hydrogens is 271 g/mol. The molecule has 0 saturated carbocycles. The topological polar surface area (TPSA) is 38.3 Å². The normalized spacial score (nSPS) is 11.3. The highest BCUT2D eigenvalue weighted by Crippen LogP contribution is 2.20. The Morgan fingerprint density at radius 2 is 1.80 bits per heavy atom. The van der Waals surface area contributed by atoms with Gasteiger partial charge in [0.05, 0.1) is 0 Å². The molecule has 0 saturated heterocycles. The molecule has 1 N–H and O–H groups in total. The third-order valence-corrected chi connectivity index (χ3v) is 2.58. The number of carbonyl (C=O) groups excluding carboxylic acids is 1. The number of carbonyl (C=O) groups is 1. The van der Waals surface area contributed by atoms with Crippen LogP contribution in [0.4, 0.5) is 13.2 Å². The molecule has 0 atom stereocenters. The zero-order valence-electron chi connectivity index (χ0n) is 10.4. The minimum atomic E-state index is -4.42. The number of hydrogen-bond donors (Lipinski definition) is 1. The molecule has 0 aromatic heterocycles. The molecule has 20 heavy (non-hydrogen) atoms. The highest BCUT2D eigenvalue weighted by Gasteiger charge is 2.27. The molecule has 2 aromatic rings. The van der Waals surface area contributed by atoms with E-state index in [0.29, 0.717) is 5.75 Å². The van der Waals surface area contributed by atoms with Crippen LogP contribution in [0.5, 0.6) is 5.75 Å². The van der Waals surface area contributed by atoms with Crippen molar-refractivity contribution in [2.24, 2.45) is 0 Å². The van der Waals surface area contributed by atoms with Crippen LogP contribution in [0.2, 0.25) is 0 Å². The van der Waals surface area contributed by atoms with Crippen molar-refractivity contribution in [2.75, 3.05) is 13.2 Å². The molecule has 0 fully saturated rings. The molecule has 1 amide bonds. The van der Waals surface area contributed by atoms with Crippen LogP contribution in [0.15, 0.2) is 42.5 Å². The molecule has 0 spiro atoms. The van der Waals surface area contributed by atoms with Gasteiger partial charge in [0.15, 0.2) is 6.61 Å². The van der Waals surface area contributed by atoms with Gasteiger partial charge in [-0.1, -0.05) is 30.3 Å². The number of fused-ring (bicyclic) bond motifs is 1. The summed E-state index contributed by atoms with van der Waals surface area (Å²) < 4.78 is 40.9. The second kappa shape index (κ2) is 5.81. The van der Waals surface area contributed by atoms with Crippen LogP contribution in [0.25, 0.3) is 10.8 Å². The Balaban J connectivity index is 1.90. The van der Waals surface area contributed by atoms with Gasteiger partial charge in [-0.15, -0.1) is 0 Å². The Hall–Kier alpha value is -2.24. The summed E-state index contributed by atoms with van der Waals surface area (Å²) >= 11 is 0. The first-order valence-electron chi connectivity index (χ1n) is 5.89. The summed E-state index contributed by atoms with van der Waals surface area (Å²) in [7, 11) is 0. The van der Waals surface area contributed by atoms with E-state index in [-0.39, 0.29) is 0 Å². The van der Waals surface area contributed by atoms with Gasteiger partial charge in [0.1, 0.15) is 12.3 Å². The summed E-state index contributed by atoms with van der Waals surface area (Å²) in [6.45, 7) is -1.80. The lowest BCUT2D eigenvalue weighted by molar-refractivity contribution is -0.139. The van der Waals surface area contributed by atoms with E-state index in [2.05, 4.69) is 0 Å². The van der Waals surface area contributed by atoms with Gasteiger partial charge >= 0.3 is 6.18 Å². The maximum atomic E-state index is 11.9. The number of halogens is 3. The van der Waals surface area contributed by atoms with Crippen molar-refractivity contribution in [1.29, 1.82) is 0 Å². The molecule has 0 radical (unpaired) electrons. The van der Waals surface area contributed by atoms with E-state index >= 15 is 0 Å². The van der Waals surface area contributed by atoms with E-state index in [1.165, 1.54) is 0 Å². The zero-order chi connectivity index (χ0) is 14.6. The van der Waals surface area contributed by atoms with Gasteiger partial charge in [0, 0.05) is 0 Å². The van der Waals surface area contributed by atoms with Crippen molar-refractivity contribution in [2.45, 2.75) is 6.18 Å². The Labute approximate surface area is 113 Å². The summed E-state index contributed by atoms with van der Waals surface area (Å²) in [6.07, 6.45) is -4.42. The van der Waals surface area contributed by atoms with Crippen molar-refractivity contribution < 1.29 is 22.7 Å². The van der Waals surface area contributed by atoms with Crippen LogP contribution >= 0.6 is 0 Å². The fraction of sp³-hybridized carbons (Fsp3) is 0.214. The Morgan fingerprint density at radius 3 is 2.50 bits per heavy atom. The fourth-order valence-corrected chi connectivity index (χ4v) is 1.66. The van der Waals surface area contributed by atoms with Crippen molar-refractivity contribution in [3.63, 3.8) is 0 Å². The van der Waals surface area contributed by atoms with Gasteiger partial charge in [0.2, 0.25) is 0 Å². The Kier molecular flexibility index (Phi) is 4.12. The third-order valence-electron chi connectivity index (χ3n) is 2.58. The minimum absolute atomic E-state index is 0.436. The third kappa shape index (κ3) is 4.15. The number of alkyl halides is 3. The largest absolute Gasteiger partial charge is 0.484 e. The molecule has 0 unspecified atom stereocenters. The summed E-state index contributed by atoms with van der Waals surface area (Å²) in [4.78, 5) is 11.2. The Bertz CT molecular complexity index is 611. The van der Waals surface area contributed by atoms with Crippen LogP contribution in [-0.2, 0) is 4.79 Å². The number of rotatable bonds is 4. The van der Waals surface area contributed by atoms with E-state index < -0.39 is 25.2 Å². The van der Waals surface area contributed by atoms with Gasteiger partial charge in [0.25, 0.3) is 5.91 Å². The molecule has 2 aromatic carbocycles. The molecule has 0 aliphatic carbocycles. The van der Waals surface area contributed by atoms with Gasteiger partial charge in [-0.05, 0) is 22.9 Å². The highest BCUT2D eigenvalue weighted by atomic mass is 19.4. The van der Waals surface area contributed by atoms with Crippen LogP contribution < -0.4 is 10.1 Å². The van der Waals surface area contributed by atoms with E-state index in [9.17, 15) is 18.0 Å². The second-order valence-electron chi connectivity index (χ2n) is 4.19. The highest BCUT2D eigenvalue weighted by molar-refractivity contribution is 5.84. The van der Waals surface area contributed by atoms with Crippen molar-refractivity contribution in [1.82, 2.24) is 5.32 Å². The lowest BCUT2D eigenvalue weighted by Gasteiger charge is -2.10. The molecular formula is C14H12F3NO2. The van der Waals surface area contributed by atoms with Crippen molar-refractivity contribution in [3.05, 3.63) is 42.5 Å². The van der Waals surface area contributed by atoms with Gasteiger partial charge in [-0.3, -0.25) is 4.79 Å². The standard InChI is InChI=1S/C14H12F3NO2/c15-14(16,17)9-18-13(19)8-20-12-6-5-10-3-1-2-4-11(10)7-12/h1-7H,8-9H2,(H,18,19). The maximum Gasteiger partial charge on any atom is 0.405 e. The van der Waals surface area contributed by atoms with Crippen molar-refractivity contribution in [3.8, 4) is 5.75 Å². The smallest absolute Gasteiger partial charge is 0.405 e. The van der Waals surface area contributed by atoms with Crippen LogP contribution in [0.3, 0.4) is 0 Å². The number of benzene rings is 2. The second-order valence-corrected chi connectivity index (χ2v) is 4.19. The quantitative estimate of drug-likeness (QED) is 0.937. The van der Waals surface area contributed by atoms with Crippen LogP contribution in [0.1, 0.15) is 0 Å². The molecule has 0 aliphatic rings. The molecule has 3 nitrogen and oxygen atoms in total. The fourth-order valence-electron chi connectivity index (χ4n) is 1.66. The first-order chi connectivity index (χ1) is 9.44. The van der Waals surface area contributed by atoms with Gasteiger partial charge < -0.3 is 10.1 Å². The zero-order valence-corrected chi connectivity index (χ0v) is 10.4. The van der Waals surface area contributed by atoms with E-state index in [1.807, 2.05) is 30.3 Å². The molecule has 0 heterocycles. The lowest BCUT2D eigenvalue weighted by Crippen LogP contribution is -2.36. The Morgan fingerprint density at radius 1 is 1.10 bits per heavy atom. The van der Waals surface area contributed by atoms with E-state index in [0.717, 1.165) is 10.8 Å². The molecule has 0 bridgehead atoms. The minimum Gasteiger partial charge on any atom is -0.484 e. The number of hydrogen-bond acceptors (Lipinski definition) is 2. The first-order valence-corrected chi connectivity index (χ1v) is 5.89. The number of nitrogens with one attached hydrogen (secondary N) is 1. The van der Waals surface area contributed by atoms with E-state index in [4.69, 9.17) is 4.74 Å². The average Bonchev–Trinajstić information content (AvgIpc) is 2.42. The average molecular weight is 283 g/mol. The van der Waals surface area contributed by atoms with E-state index in [1.54, 1.807) is 17.4 Å². The summed E-state index contributed by atoms with van der Waals surface area (Å²) in [6, 6.07) is 12.8. The predicted octanol–water partition coefficient (Wildman–Crippen LogP) is 2.90. The van der Waals surface area contributed by atoms with Gasteiger partial charge in [-0.2, -0.15) is 13.2 Å². The maximum absolute atomic E-state index is 11.9. The first kappa shape index (κ1) is 14.2.